The van der Waals surface area contributed by atoms with Crippen molar-refractivity contribution in [2.24, 2.45) is 0 Å². The van der Waals surface area contributed by atoms with Crippen LogP contribution in [0.15, 0.2) is 285 Å². The van der Waals surface area contributed by atoms with E-state index in [0.29, 0.717) is 69.1 Å². The molecule has 0 fully saturated rings. The van der Waals surface area contributed by atoms with E-state index < -0.39 is 0 Å². The molecule has 0 radical (unpaired) electrons. The van der Waals surface area contributed by atoms with E-state index in [1.807, 2.05) is 149 Å². The maximum absolute atomic E-state index is 10.5. The van der Waals surface area contributed by atoms with Gasteiger partial charge in [-0.25, -0.2) is 44.9 Å². The van der Waals surface area contributed by atoms with Crippen molar-refractivity contribution in [2.75, 3.05) is 0 Å². The van der Waals surface area contributed by atoms with Crippen LogP contribution in [0.3, 0.4) is 0 Å². The molecule has 0 saturated carbocycles. The zero-order valence-corrected chi connectivity index (χ0v) is 77.3. The van der Waals surface area contributed by atoms with Crippen molar-refractivity contribution in [1.82, 2.24) is 58.6 Å². The fraction of sp³-hybridized carbons (Fsp3) is 0.136. The van der Waals surface area contributed by atoms with Gasteiger partial charge in [0.25, 0.3) is 0 Å². The highest BCUT2D eigenvalue weighted by Gasteiger charge is 2.26. The molecule has 133 heavy (non-hydrogen) atoms. The normalized spacial score (nSPS) is 11.3. The van der Waals surface area contributed by atoms with Gasteiger partial charge < -0.3 is 13.7 Å². The molecule has 0 atom stereocenters. The summed E-state index contributed by atoms with van der Waals surface area (Å²) in [7, 11) is 0. The quantitative estimate of drug-likeness (QED) is 0.112. The molecule has 0 aliphatic heterocycles. The van der Waals surface area contributed by atoms with Crippen LogP contribution in [0.5, 0.6) is 0 Å². The second-order valence-corrected chi connectivity index (χ2v) is 35.1. The first-order valence-electron chi connectivity index (χ1n) is 44.7. The molecule has 6 heterocycles. The van der Waals surface area contributed by atoms with E-state index in [-0.39, 0.29) is 0 Å². The zero-order valence-electron chi connectivity index (χ0n) is 77.3. The van der Waals surface area contributed by atoms with Crippen LogP contribution in [0, 0.1) is 145 Å². The Balaban J connectivity index is 0.000000130. The van der Waals surface area contributed by atoms with E-state index in [1.165, 1.54) is 94.6 Å². The summed E-state index contributed by atoms with van der Waals surface area (Å²) in [4.78, 5) is 41.9. The van der Waals surface area contributed by atoms with Crippen LogP contribution in [-0.2, 0) is 0 Å². The van der Waals surface area contributed by atoms with E-state index >= 15 is 0 Å². The van der Waals surface area contributed by atoms with Crippen molar-refractivity contribution in [3.8, 4) is 137 Å². The average molecular weight is 1720 g/mol. The average Bonchev–Trinajstić information content (AvgIpc) is 1.58. The van der Waals surface area contributed by atoms with Crippen molar-refractivity contribution >= 4 is 65.4 Å². The maximum atomic E-state index is 10.5. The molecule has 21 rings (SSSR count). The number of hydrogen-bond donors (Lipinski definition) is 0. The third-order valence-corrected chi connectivity index (χ3v) is 25.2. The van der Waals surface area contributed by atoms with Gasteiger partial charge in [0.1, 0.15) is 41.5 Å². The number of benzene rings is 15. The van der Waals surface area contributed by atoms with Gasteiger partial charge in [0.05, 0.1) is 66.9 Å². The van der Waals surface area contributed by atoms with E-state index in [2.05, 4.69) is 309 Å². The summed E-state index contributed by atoms with van der Waals surface area (Å²) in [6, 6.07) is 106. The Morgan fingerprint density at radius 2 is 0.429 bits per heavy atom. The number of hydrogen-bond acceptors (Lipinski definition) is 12. The van der Waals surface area contributed by atoms with Crippen molar-refractivity contribution < 1.29 is 0 Å². The van der Waals surface area contributed by atoms with Crippen LogP contribution in [0.2, 0.25) is 0 Å². The summed E-state index contributed by atoms with van der Waals surface area (Å²) in [6.07, 6.45) is 0. The third kappa shape index (κ3) is 16.2. The molecule has 6 aromatic heterocycles. The van der Waals surface area contributed by atoms with Gasteiger partial charge in [-0.15, -0.1) is 0 Å². The van der Waals surface area contributed by atoms with Gasteiger partial charge >= 0.3 is 0 Å². The van der Waals surface area contributed by atoms with Gasteiger partial charge in [-0.2, -0.15) is 15.8 Å². The first-order valence-corrected chi connectivity index (χ1v) is 44.7. The van der Waals surface area contributed by atoms with Crippen LogP contribution in [0.4, 0.5) is 0 Å². The van der Waals surface area contributed by atoms with Crippen molar-refractivity contribution in [3.63, 3.8) is 0 Å². The minimum Gasteiger partial charge on any atom is -0.308 e. The van der Waals surface area contributed by atoms with Crippen LogP contribution < -0.4 is 0 Å². The molecule has 0 unspecified atom stereocenters. The molecule has 21 aromatic rings. The summed E-state index contributed by atoms with van der Waals surface area (Å²) in [5, 5.41) is 37.8. The molecule has 0 N–H and O–H groups in total. The lowest BCUT2D eigenvalue weighted by atomic mass is 9.92. The van der Waals surface area contributed by atoms with Crippen LogP contribution in [0.25, 0.3) is 184 Å². The molecule has 15 heteroatoms. The van der Waals surface area contributed by atoms with E-state index in [4.69, 9.17) is 15.0 Å². The summed E-state index contributed by atoms with van der Waals surface area (Å²) < 4.78 is 6.66. The predicted octanol–water partition coefficient (Wildman–Crippen LogP) is 28.5. The smallest absolute Gasteiger partial charge is 0.164 e. The highest BCUT2D eigenvalue weighted by Crippen LogP contribution is 2.45. The fourth-order valence-corrected chi connectivity index (χ4v) is 20.2. The number of rotatable bonds is 12. The Kier molecular flexibility index (Phi) is 22.5. The Morgan fingerprint density at radius 3 is 0.752 bits per heavy atom. The number of fused-ring (bicyclic) bond motifs is 9. The van der Waals surface area contributed by atoms with E-state index in [9.17, 15) is 15.8 Å². The highest BCUT2D eigenvalue weighted by molar-refractivity contribution is 6.14. The van der Waals surface area contributed by atoms with Gasteiger partial charge in [-0.3, -0.25) is 0 Å². The second-order valence-electron chi connectivity index (χ2n) is 35.1. The molecule has 15 nitrogen and oxygen atoms in total. The minimum atomic E-state index is 0.543. The molecular weight excluding hydrogens is 1630 g/mol. The number of aromatic nitrogens is 12. The number of para-hydroxylation sites is 2. The molecule has 0 bridgehead atoms. The minimum absolute atomic E-state index is 0.543. The summed E-state index contributed by atoms with van der Waals surface area (Å²) in [5.41, 5.74) is 39.4. The third-order valence-electron chi connectivity index (χ3n) is 25.2. The summed E-state index contributed by atoms with van der Waals surface area (Å²) in [6.45, 7) is 33.5. The van der Waals surface area contributed by atoms with Gasteiger partial charge in [-0.05, 0) is 297 Å². The monoisotopic (exact) mass is 1720 g/mol. The first kappa shape index (κ1) is 85.6. The van der Waals surface area contributed by atoms with Crippen LogP contribution >= 0.6 is 0 Å². The molecule has 642 valence electrons. The molecule has 0 amide bonds. The Labute approximate surface area is 774 Å². The Hall–Kier alpha value is -16.8. The first-order chi connectivity index (χ1) is 64.3. The zero-order chi connectivity index (χ0) is 92.5. The lowest BCUT2D eigenvalue weighted by Gasteiger charge is -2.15. The van der Waals surface area contributed by atoms with Crippen LogP contribution in [-0.4, -0.2) is 58.6 Å². The van der Waals surface area contributed by atoms with E-state index in [1.54, 1.807) is 0 Å². The summed E-state index contributed by atoms with van der Waals surface area (Å²) in [5.74, 6) is 5.60. The Morgan fingerprint density at radius 1 is 0.188 bits per heavy atom. The van der Waals surface area contributed by atoms with E-state index in [0.717, 1.165) is 127 Å². The summed E-state index contributed by atoms with van der Waals surface area (Å²) >= 11 is 0. The standard InChI is InChI=1S/C43H31N5.C42H37N5.C33H27N5/c1-27-22-28(2)40(29(3)23-27)32-20-21-38-36(24-32)35-16-10-11-17-37(35)48(38)39-25-33(18-19-34(39)26-44)43-46-41(30-12-6-4-7-13-30)45-42(47-43)31-14-8-5-9-15-31;1-23-15-25(3)40(26(4)16-23)31-11-13-35-36-14-12-32(41-27(5)17-24(2)18-28(41)6)20-39(36)47(38(35)19-31)37-21-33(9-10-34(37)22-43)42-45-29(7)44-30(8)46-42;1-19-14-20(2)32(21(3)15-19)24-12-13-28-27-8-6-7-9-29(27)38(31(28)16-24)30-17-25(10-11-26(30)18-34)33-36-22(4)35-23(5)37-33/h4-25H,1-3H3;9-21H,1-8H3;6-17H,1-5H3. The lowest BCUT2D eigenvalue weighted by Crippen LogP contribution is -2.02. The van der Waals surface area contributed by atoms with Gasteiger partial charge in [-0.1, -0.05) is 210 Å². The molecule has 0 aliphatic carbocycles. The number of aryl methyl sites for hydroxylation is 16. The SMILES string of the molecule is Cc1cc(C)c(-c2ccc3c(c2)c2ccccc2n3-c2cc(-c3nc(-c4ccccc4)nc(-c4ccccc4)n3)ccc2C#N)c(C)c1.Cc1cc(C)c(-c2ccc3c4ccc(-c5c(C)cc(C)cc5C)cc4n(-c4cc(-c5nc(C)nc(C)n5)ccc4C#N)c3c2)c(C)c1.Cc1cc(C)c(-c2ccc3c4ccccc4n(-c4cc(-c5nc(C)nc(C)n5)ccc4C#N)c3c2)c(C)c1. The number of nitrogens with zero attached hydrogens (tertiary/aromatic N) is 15. The molecular formula is C118H95N15. The molecule has 0 aliphatic rings. The topological polar surface area (TPSA) is 202 Å². The predicted molar refractivity (Wildman–Crippen MR) is 541 cm³/mol. The van der Waals surface area contributed by atoms with Gasteiger partial charge in [0, 0.05) is 60.1 Å². The van der Waals surface area contributed by atoms with Crippen LogP contribution in [0.1, 0.15) is 107 Å². The second kappa shape index (κ2) is 35.0. The molecule has 0 spiro atoms. The Bertz CT molecular complexity index is 8190. The number of nitriles is 3. The van der Waals surface area contributed by atoms with Crippen molar-refractivity contribution in [1.29, 1.82) is 15.8 Å². The van der Waals surface area contributed by atoms with Gasteiger partial charge in [0.2, 0.25) is 0 Å². The maximum Gasteiger partial charge on any atom is 0.164 e. The fourth-order valence-electron chi connectivity index (χ4n) is 20.2. The lowest BCUT2D eigenvalue weighted by molar-refractivity contribution is 0.927. The molecule has 15 aromatic carbocycles. The largest absolute Gasteiger partial charge is 0.308 e. The highest BCUT2D eigenvalue weighted by atomic mass is 15.1. The van der Waals surface area contributed by atoms with Crippen molar-refractivity contribution in [2.45, 2.75) is 111 Å². The van der Waals surface area contributed by atoms with Gasteiger partial charge in [0.15, 0.2) is 29.1 Å². The molecule has 0 saturated heterocycles. The van der Waals surface area contributed by atoms with Crippen molar-refractivity contribution in [3.05, 3.63) is 392 Å².